The van der Waals surface area contributed by atoms with Crippen LogP contribution in [0.25, 0.3) is 22.6 Å². The maximum Gasteiger partial charge on any atom is 0.432 e. The molecule has 0 saturated carbocycles. The molecule has 0 fully saturated rings. The van der Waals surface area contributed by atoms with Crippen LogP contribution in [-0.4, -0.2) is 43.0 Å². The van der Waals surface area contributed by atoms with E-state index in [4.69, 9.17) is 4.74 Å². The number of pyridine rings is 2. The van der Waals surface area contributed by atoms with Crippen molar-refractivity contribution in [1.29, 1.82) is 0 Å². The van der Waals surface area contributed by atoms with E-state index in [0.29, 0.717) is 5.88 Å². The van der Waals surface area contributed by atoms with Crippen molar-refractivity contribution in [2.45, 2.75) is 33.2 Å². The predicted molar refractivity (Wildman–Crippen MR) is 102 cm³/mol. The van der Waals surface area contributed by atoms with Gasteiger partial charge in [-0.1, -0.05) is 19.9 Å². The molecular weight excluding hydrogens is 401 g/mol. The van der Waals surface area contributed by atoms with Gasteiger partial charge in [-0.3, -0.25) is 4.98 Å². The molecule has 0 atom stereocenters. The molecule has 0 aromatic carbocycles. The molecule has 0 saturated heterocycles. The van der Waals surface area contributed by atoms with Crippen LogP contribution in [0.1, 0.15) is 25.1 Å². The summed E-state index contributed by atoms with van der Waals surface area (Å²) in [5, 5.41) is 18.7. The molecule has 0 unspecified atom stereocenters. The van der Waals surface area contributed by atoms with Gasteiger partial charge in [0.15, 0.2) is 12.1 Å². The number of hydrogen-bond donors (Lipinski definition) is 3. The molecule has 7 nitrogen and oxygen atoms in total. The summed E-state index contributed by atoms with van der Waals surface area (Å²) < 4.78 is 43.7. The highest BCUT2D eigenvalue weighted by molar-refractivity contribution is 5.67. The van der Waals surface area contributed by atoms with Gasteiger partial charge < -0.3 is 19.9 Å². The van der Waals surface area contributed by atoms with Gasteiger partial charge in [0.2, 0.25) is 5.88 Å². The summed E-state index contributed by atoms with van der Waals surface area (Å²) in [6, 6.07) is 5.00. The summed E-state index contributed by atoms with van der Waals surface area (Å²) in [5.41, 5.74) is 0.836. The van der Waals surface area contributed by atoms with Gasteiger partial charge in [0.05, 0.1) is 12.8 Å². The van der Waals surface area contributed by atoms with Gasteiger partial charge in [0, 0.05) is 35.0 Å². The average molecular weight is 422 g/mol. The normalized spacial score (nSPS) is 12.4. The van der Waals surface area contributed by atoms with Crippen molar-refractivity contribution >= 4 is 0 Å². The molecule has 3 aromatic heterocycles. The Morgan fingerprint density at radius 2 is 1.80 bits per heavy atom. The third-order valence-corrected chi connectivity index (χ3v) is 4.58. The second-order valence-corrected chi connectivity index (χ2v) is 7.56. The van der Waals surface area contributed by atoms with Crippen LogP contribution in [0.15, 0.2) is 36.8 Å². The summed E-state index contributed by atoms with van der Waals surface area (Å²) in [7, 11) is 0. The number of halogens is 3. The minimum atomic E-state index is -4.50. The van der Waals surface area contributed by atoms with E-state index in [-0.39, 0.29) is 18.1 Å². The lowest BCUT2D eigenvalue weighted by molar-refractivity contribution is -0.140. The van der Waals surface area contributed by atoms with Gasteiger partial charge in [0.1, 0.15) is 11.4 Å². The smallest absolute Gasteiger partial charge is 0.432 e. The molecule has 0 aliphatic rings. The van der Waals surface area contributed by atoms with Gasteiger partial charge >= 0.3 is 6.18 Å². The zero-order valence-corrected chi connectivity index (χ0v) is 16.5. The second-order valence-electron chi connectivity index (χ2n) is 7.56. The number of rotatable bonds is 6. The van der Waals surface area contributed by atoms with Crippen LogP contribution in [0.3, 0.4) is 0 Å². The van der Waals surface area contributed by atoms with E-state index in [0.717, 1.165) is 22.9 Å². The Morgan fingerprint density at radius 3 is 2.33 bits per heavy atom. The van der Waals surface area contributed by atoms with Crippen LogP contribution in [0.4, 0.5) is 13.2 Å². The number of nitrogens with one attached hydrogen (secondary N) is 1. The zero-order chi connectivity index (χ0) is 22.1. The predicted octanol–water partition coefficient (Wildman–Crippen LogP) is 3.58. The Morgan fingerprint density at radius 1 is 1.07 bits per heavy atom. The monoisotopic (exact) mass is 422 g/mol. The number of ether oxygens (including phenoxy) is 1. The molecule has 0 aliphatic carbocycles. The van der Waals surface area contributed by atoms with E-state index < -0.39 is 23.6 Å². The fraction of sp³-hybridized carbons (Fsp3) is 0.350. The van der Waals surface area contributed by atoms with Crippen molar-refractivity contribution in [2.75, 3.05) is 6.61 Å². The van der Waals surface area contributed by atoms with Crippen molar-refractivity contribution in [3.8, 4) is 28.5 Å². The van der Waals surface area contributed by atoms with E-state index in [1.165, 1.54) is 6.20 Å². The molecule has 3 rings (SSSR count). The lowest BCUT2D eigenvalue weighted by Gasteiger charge is -2.26. The molecule has 0 bridgehead atoms. The Hall–Kier alpha value is -2.98. The maximum atomic E-state index is 12.7. The number of aryl methyl sites for hydroxylation is 1. The lowest BCUT2D eigenvalue weighted by atomic mass is 9.94. The third kappa shape index (κ3) is 4.77. The fourth-order valence-corrected chi connectivity index (χ4v) is 2.53. The minimum absolute atomic E-state index is 0.0288. The first-order chi connectivity index (χ1) is 14.0. The number of aliphatic hydroxyl groups is 2. The van der Waals surface area contributed by atoms with Crippen LogP contribution in [0.2, 0.25) is 0 Å². The van der Waals surface area contributed by atoms with Crippen molar-refractivity contribution < 1.29 is 28.1 Å². The van der Waals surface area contributed by atoms with Gasteiger partial charge in [-0.25, -0.2) is 9.97 Å². The SMILES string of the molecule is Cc1cc(OCC(C)(C)C(O)O)ncc1-c1ccc(-c2ncc(C(F)(F)F)[nH]2)nc1. The first-order valence-corrected chi connectivity index (χ1v) is 9.02. The largest absolute Gasteiger partial charge is 0.477 e. The van der Waals surface area contributed by atoms with Crippen molar-refractivity contribution in [3.63, 3.8) is 0 Å². The van der Waals surface area contributed by atoms with Crippen LogP contribution in [0, 0.1) is 12.3 Å². The molecular formula is C20H21F3N4O3. The summed E-state index contributed by atoms with van der Waals surface area (Å²) in [6.45, 7) is 5.23. The molecule has 3 aromatic rings. The molecule has 10 heteroatoms. The quantitative estimate of drug-likeness (QED) is 0.525. The molecule has 160 valence electrons. The van der Waals surface area contributed by atoms with Crippen molar-refractivity contribution in [3.05, 3.63) is 48.0 Å². The molecule has 0 amide bonds. The van der Waals surface area contributed by atoms with Gasteiger partial charge in [0.25, 0.3) is 0 Å². The average Bonchev–Trinajstić information content (AvgIpc) is 3.17. The summed E-state index contributed by atoms with van der Waals surface area (Å²) in [5.74, 6) is 0.367. The van der Waals surface area contributed by atoms with E-state index in [9.17, 15) is 23.4 Å². The summed E-state index contributed by atoms with van der Waals surface area (Å²) in [4.78, 5) is 14.4. The van der Waals surface area contributed by atoms with Crippen LogP contribution >= 0.6 is 0 Å². The van der Waals surface area contributed by atoms with Crippen LogP contribution in [0.5, 0.6) is 5.88 Å². The number of aromatic nitrogens is 4. The second kappa shape index (κ2) is 8.04. The number of imidazole rings is 1. The van der Waals surface area contributed by atoms with Gasteiger partial charge in [-0.15, -0.1) is 0 Å². The standard InChI is InChI=1S/C20H21F3N4O3/c1-11-6-16(30-10-19(2,3)18(28)29)25-8-13(11)12-4-5-14(24-7-12)17-26-9-15(27-17)20(21,22)23/h4-9,18,28-29H,10H2,1-3H3,(H,26,27). The Balaban J connectivity index is 1.76. The molecule has 3 N–H and O–H groups in total. The highest BCUT2D eigenvalue weighted by Gasteiger charge is 2.33. The maximum absolute atomic E-state index is 12.7. The van der Waals surface area contributed by atoms with Crippen LogP contribution < -0.4 is 4.74 Å². The first kappa shape index (κ1) is 21.7. The zero-order valence-electron chi connectivity index (χ0n) is 16.5. The Bertz CT molecular complexity index is 1010. The van der Waals surface area contributed by atoms with Gasteiger partial charge in [-0.2, -0.15) is 13.2 Å². The topological polar surface area (TPSA) is 104 Å². The number of aromatic amines is 1. The Labute approximate surface area is 170 Å². The lowest BCUT2D eigenvalue weighted by Crippen LogP contribution is -2.34. The first-order valence-electron chi connectivity index (χ1n) is 9.02. The molecule has 0 radical (unpaired) electrons. The van der Waals surface area contributed by atoms with Crippen molar-refractivity contribution in [1.82, 2.24) is 19.9 Å². The number of alkyl halides is 3. The third-order valence-electron chi connectivity index (χ3n) is 4.58. The number of aliphatic hydroxyl groups excluding tert-OH is 1. The highest BCUT2D eigenvalue weighted by Crippen LogP contribution is 2.30. The highest BCUT2D eigenvalue weighted by atomic mass is 19.4. The minimum Gasteiger partial charge on any atom is -0.477 e. The number of hydrogen-bond acceptors (Lipinski definition) is 6. The van der Waals surface area contributed by atoms with E-state index in [1.54, 1.807) is 38.2 Å². The molecule has 0 aliphatic heterocycles. The summed E-state index contributed by atoms with van der Waals surface area (Å²) >= 11 is 0. The van der Waals surface area contributed by atoms with Gasteiger partial charge in [-0.05, 0) is 18.6 Å². The van der Waals surface area contributed by atoms with E-state index in [1.807, 2.05) is 6.92 Å². The molecule has 3 heterocycles. The van der Waals surface area contributed by atoms with E-state index >= 15 is 0 Å². The molecule has 0 spiro atoms. The number of H-pyrrole nitrogens is 1. The summed E-state index contributed by atoms with van der Waals surface area (Å²) in [6.07, 6.45) is -2.17. The van der Waals surface area contributed by atoms with Crippen molar-refractivity contribution in [2.24, 2.45) is 5.41 Å². The van der Waals surface area contributed by atoms with E-state index in [2.05, 4.69) is 19.9 Å². The number of nitrogens with zero attached hydrogens (tertiary/aromatic N) is 3. The Kier molecular flexibility index (Phi) is 5.82. The molecule has 30 heavy (non-hydrogen) atoms. The fourth-order valence-electron chi connectivity index (χ4n) is 2.53. The van der Waals surface area contributed by atoms with Crippen LogP contribution in [-0.2, 0) is 6.18 Å².